The lowest BCUT2D eigenvalue weighted by molar-refractivity contribution is -0.128. The first kappa shape index (κ1) is 12.4. The van der Waals surface area contributed by atoms with Crippen LogP contribution in [-0.4, -0.2) is 17.0 Å². The Balaban J connectivity index is 2.90. The van der Waals surface area contributed by atoms with Crippen LogP contribution in [0.2, 0.25) is 0 Å². The molecule has 0 amide bonds. The maximum absolute atomic E-state index is 12.1. The average molecular weight is 210 g/mol. The minimum Gasteiger partial charge on any atom is -0.393 e. The van der Waals surface area contributed by atoms with Crippen LogP contribution in [0.4, 0.5) is 0 Å². The van der Waals surface area contributed by atoms with E-state index in [0.29, 0.717) is 0 Å². The van der Waals surface area contributed by atoms with Crippen molar-refractivity contribution >= 4 is 5.78 Å². The van der Waals surface area contributed by atoms with Crippen molar-refractivity contribution in [2.24, 2.45) is 5.41 Å². The maximum Gasteiger partial charge on any atom is 0.145 e. The summed E-state index contributed by atoms with van der Waals surface area (Å²) in [6, 6.07) is 0. The summed E-state index contributed by atoms with van der Waals surface area (Å²) < 4.78 is 0. The van der Waals surface area contributed by atoms with Crippen LogP contribution in [0.25, 0.3) is 0 Å². The second kappa shape index (κ2) is 4.48. The van der Waals surface area contributed by atoms with E-state index in [9.17, 15) is 9.90 Å². The van der Waals surface area contributed by atoms with Gasteiger partial charge in [-0.15, -0.1) is 0 Å². The quantitative estimate of drug-likeness (QED) is 0.727. The standard InChI is InChI=1S/C13H22O2/c1-9-6-5-7-13(4,11(9)3)12(15)8-10(2)14/h10,14H,5-8H2,1-4H3. The molecule has 0 bridgehead atoms. The van der Waals surface area contributed by atoms with Gasteiger partial charge in [-0.3, -0.25) is 4.79 Å². The molecule has 1 aliphatic carbocycles. The minimum atomic E-state index is -0.524. The fourth-order valence-corrected chi connectivity index (χ4v) is 2.40. The topological polar surface area (TPSA) is 37.3 Å². The lowest BCUT2D eigenvalue weighted by atomic mass is 9.68. The van der Waals surface area contributed by atoms with E-state index in [1.807, 2.05) is 6.92 Å². The number of hydrogen-bond donors (Lipinski definition) is 1. The lowest BCUT2D eigenvalue weighted by Gasteiger charge is -2.35. The van der Waals surface area contributed by atoms with Crippen LogP contribution in [0.3, 0.4) is 0 Å². The van der Waals surface area contributed by atoms with Gasteiger partial charge in [-0.25, -0.2) is 0 Å². The second-order valence-corrected chi connectivity index (χ2v) is 5.07. The molecular weight excluding hydrogens is 188 g/mol. The molecule has 15 heavy (non-hydrogen) atoms. The van der Waals surface area contributed by atoms with Crippen LogP contribution >= 0.6 is 0 Å². The van der Waals surface area contributed by atoms with E-state index >= 15 is 0 Å². The summed E-state index contributed by atoms with van der Waals surface area (Å²) in [5, 5.41) is 9.28. The molecule has 2 atom stereocenters. The number of rotatable bonds is 3. The fourth-order valence-electron chi connectivity index (χ4n) is 2.40. The Morgan fingerprint density at radius 3 is 2.67 bits per heavy atom. The Bertz CT molecular complexity index is 289. The van der Waals surface area contributed by atoms with Crippen LogP contribution in [0.15, 0.2) is 11.1 Å². The second-order valence-electron chi connectivity index (χ2n) is 5.07. The third kappa shape index (κ3) is 2.49. The van der Waals surface area contributed by atoms with Gasteiger partial charge in [0.25, 0.3) is 0 Å². The molecule has 1 aliphatic rings. The summed E-state index contributed by atoms with van der Waals surface area (Å²) in [7, 11) is 0. The van der Waals surface area contributed by atoms with Crippen molar-refractivity contribution < 1.29 is 9.90 Å². The van der Waals surface area contributed by atoms with E-state index in [-0.39, 0.29) is 17.6 Å². The van der Waals surface area contributed by atoms with E-state index < -0.39 is 6.10 Å². The van der Waals surface area contributed by atoms with Gasteiger partial charge in [0.1, 0.15) is 5.78 Å². The third-order valence-electron chi connectivity index (χ3n) is 3.79. The molecule has 86 valence electrons. The Morgan fingerprint density at radius 1 is 1.53 bits per heavy atom. The zero-order valence-corrected chi connectivity index (χ0v) is 10.3. The van der Waals surface area contributed by atoms with Gasteiger partial charge in [0.15, 0.2) is 0 Å². The molecule has 0 aromatic rings. The van der Waals surface area contributed by atoms with Crippen LogP contribution < -0.4 is 0 Å². The highest BCUT2D eigenvalue weighted by Gasteiger charge is 2.37. The average Bonchev–Trinajstić information content (AvgIpc) is 2.13. The molecule has 2 nitrogen and oxygen atoms in total. The summed E-state index contributed by atoms with van der Waals surface area (Å²) in [4.78, 5) is 12.1. The van der Waals surface area contributed by atoms with Gasteiger partial charge in [0.05, 0.1) is 6.10 Å². The summed E-state index contributed by atoms with van der Waals surface area (Å²) in [5.41, 5.74) is 2.25. The van der Waals surface area contributed by atoms with Crippen molar-refractivity contribution in [2.45, 2.75) is 59.5 Å². The smallest absolute Gasteiger partial charge is 0.145 e. The van der Waals surface area contributed by atoms with Gasteiger partial charge in [-0.05, 0) is 47.0 Å². The van der Waals surface area contributed by atoms with E-state index in [1.165, 1.54) is 11.1 Å². The Morgan fingerprint density at radius 2 is 2.13 bits per heavy atom. The molecule has 0 aromatic carbocycles. The van der Waals surface area contributed by atoms with Gasteiger partial charge >= 0.3 is 0 Å². The van der Waals surface area contributed by atoms with E-state index in [0.717, 1.165) is 19.3 Å². The van der Waals surface area contributed by atoms with Crippen molar-refractivity contribution in [3.63, 3.8) is 0 Å². The first-order valence-electron chi connectivity index (χ1n) is 5.76. The zero-order valence-electron chi connectivity index (χ0n) is 10.3. The van der Waals surface area contributed by atoms with Crippen LogP contribution in [0, 0.1) is 5.41 Å². The van der Waals surface area contributed by atoms with Crippen LogP contribution in [0.5, 0.6) is 0 Å². The third-order valence-corrected chi connectivity index (χ3v) is 3.79. The molecule has 0 saturated carbocycles. The number of aliphatic hydroxyl groups excluding tert-OH is 1. The Hall–Kier alpha value is -0.630. The predicted molar refractivity (Wildman–Crippen MR) is 61.6 cm³/mol. The molecular formula is C13H22O2. The SMILES string of the molecule is CC1=C(C)C(C)(C(=O)CC(C)O)CCC1. The fraction of sp³-hybridized carbons (Fsp3) is 0.769. The summed E-state index contributed by atoms with van der Waals surface area (Å²) in [5.74, 6) is 0.189. The van der Waals surface area contributed by atoms with Crippen molar-refractivity contribution in [3.05, 3.63) is 11.1 Å². The number of ketones is 1. The number of aliphatic hydroxyl groups is 1. The van der Waals surface area contributed by atoms with E-state index in [1.54, 1.807) is 6.92 Å². The van der Waals surface area contributed by atoms with Crippen molar-refractivity contribution in [1.29, 1.82) is 0 Å². The molecule has 2 unspecified atom stereocenters. The minimum absolute atomic E-state index is 0.189. The van der Waals surface area contributed by atoms with Gasteiger partial charge in [-0.1, -0.05) is 11.1 Å². The van der Waals surface area contributed by atoms with Crippen molar-refractivity contribution in [1.82, 2.24) is 0 Å². The summed E-state index contributed by atoms with van der Waals surface area (Å²) in [6.45, 7) is 7.88. The van der Waals surface area contributed by atoms with Gasteiger partial charge in [0.2, 0.25) is 0 Å². The maximum atomic E-state index is 12.1. The van der Waals surface area contributed by atoms with E-state index in [2.05, 4.69) is 13.8 Å². The molecule has 0 spiro atoms. The van der Waals surface area contributed by atoms with Gasteiger partial charge < -0.3 is 5.11 Å². The highest BCUT2D eigenvalue weighted by atomic mass is 16.3. The molecule has 0 radical (unpaired) electrons. The van der Waals surface area contributed by atoms with E-state index in [4.69, 9.17) is 0 Å². The number of hydrogen-bond acceptors (Lipinski definition) is 2. The van der Waals surface area contributed by atoms with Crippen LogP contribution in [0.1, 0.15) is 53.4 Å². The number of carbonyl (C=O) groups excluding carboxylic acids is 1. The first-order valence-corrected chi connectivity index (χ1v) is 5.76. The summed E-state index contributed by atoms with van der Waals surface area (Å²) >= 11 is 0. The molecule has 0 aromatic heterocycles. The molecule has 2 heteroatoms. The number of Topliss-reactive ketones (excluding diaryl/α,β-unsaturated/α-hetero) is 1. The first-order chi connectivity index (χ1) is 6.88. The number of carbonyl (C=O) groups is 1. The zero-order chi connectivity index (χ0) is 11.6. The number of allylic oxidation sites excluding steroid dienone is 2. The Kier molecular flexibility index (Phi) is 3.72. The molecule has 1 rings (SSSR count). The highest BCUT2D eigenvalue weighted by molar-refractivity contribution is 5.88. The largest absolute Gasteiger partial charge is 0.393 e. The van der Waals surface area contributed by atoms with Gasteiger partial charge in [-0.2, -0.15) is 0 Å². The van der Waals surface area contributed by atoms with Crippen molar-refractivity contribution in [3.8, 4) is 0 Å². The highest BCUT2D eigenvalue weighted by Crippen LogP contribution is 2.41. The Labute approximate surface area is 92.4 Å². The van der Waals surface area contributed by atoms with Crippen molar-refractivity contribution in [2.75, 3.05) is 0 Å². The summed E-state index contributed by atoms with van der Waals surface area (Å²) in [6.07, 6.45) is 2.89. The lowest BCUT2D eigenvalue weighted by Crippen LogP contribution is -2.33. The molecule has 1 N–H and O–H groups in total. The van der Waals surface area contributed by atoms with Gasteiger partial charge in [0, 0.05) is 11.8 Å². The molecule has 0 fully saturated rings. The van der Waals surface area contributed by atoms with Crippen LogP contribution in [-0.2, 0) is 4.79 Å². The molecule has 0 heterocycles. The molecule has 0 saturated heterocycles. The normalized spacial score (nSPS) is 29.1. The molecule has 0 aliphatic heterocycles. The predicted octanol–water partition coefficient (Wildman–Crippen LogP) is 2.85. The monoisotopic (exact) mass is 210 g/mol.